The smallest absolute Gasteiger partial charge is 0.310 e. The normalized spacial score (nSPS) is 10.6. The molecule has 25 heavy (non-hydrogen) atoms. The van der Waals surface area contributed by atoms with Crippen molar-refractivity contribution in [3.63, 3.8) is 0 Å². The molecule has 2 N–H and O–H groups in total. The minimum atomic E-state index is -0.711. The number of hydrogen-bond donors (Lipinski definition) is 2. The summed E-state index contributed by atoms with van der Waals surface area (Å²) in [7, 11) is 0. The quantitative estimate of drug-likeness (QED) is 0.451. The molecule has 0 fully saturated rings. The Labute approximate surface area is 151 Å². The fraction of sp³-hybridized carbons (Fsp3) is 0.0667. The fourth-order valence-electron chi connectivity index (χ4n) is 1.72. The Kier molecular flexibility index (Phi) is 6.15. The van der Waals surface area contributed by atoms with E-state index < -0.39 is 22.3 Å². The van der Waals surface area contributed by atoms with Crippen molar-refractivity contribution in [2.24, 2.45) is 5.10 Å². The van der Waals surface area contributed by atoms with Crippen molar-refractivity contribution in [1.29, 1.82) is 0 Å². The Morgan fingerprint density at radius 2 is 2.08 bits per heavy atom. The first kappa shape index (κ1) is 18.5. The van der Waals surface area contributed by atoms with Crippen LogP contribution in [0.5, 0.6) is 11.5 Å². The van der Waals surface area contributed by atoms with Gasteiger partial charge in [-0.3, -0.25) is 14.9 Å². The largest absolute Gasteiger partial charge is 0.502 e. The van der Waals surface area contributed by atoms with Crippen LogP contribution >= 0.6 is 23.2 Å². The lowest BCUT2D eigenvalue weighted by Crippen LogP contribution is -2.24. The Hall–Kier alpha value is -2.84. The van der Waals surface area contributed by atoms with E-state index in [4.69, 9.17) is 27.9 Å². The Bertz CT molecular complexity index is 842. The minimum Gasteiger partial charge on any atom is -0.502 e. The first-order chi connectivity index (χ1) is 11.9. The molecular formula is C15H11Cl2N3O5. The molecule has 2 aromatic carbocycles. The van der Waals surface area contributed by atoms with Crippen LogP contribution in [0.1, 0.15) is 5.56 Å². The van der Waals surface area contributed by atoms with Crippen molar-refractivity contribution in [3.8, 4) is 11.5 Å². The second-order valence-electron chi connectivity index (χ2n) is 4.66. The van der Waals surface area contributed by atoms with Gasteiger partial charge < -0.3 is 9.84 Å². The van der Waals surface area contributed by atoms with Gasteiger partial charge in [0.15, 0.2) is 12.4 Å². The van der Waals surface area contributed by atoms with Gasteiger partial charge in [-0.1, -0.05) is 23.2 Å². The van der Waals surface area contributed by atoms with Gasteiger partial charge in [0.1, 0.15) is 5.75 Å². The number of ether oxygens (including phenoxy) is 1. The number of carbonyl (C=O) groups is 1. The van der Waals surface area contributed by atoms with E-state index in [-0.39, 0.29) is 11.6 Å². The molecule has 0 saturated heterocycles. The molecule has 0 aliphatic heterocycles. The monoisotopic (exact) mass is 383 g/mol. The lowest BCUT2D eigenvalue weighted by atomic mass is 10.2. The highest BCUT2D eigenvalue weighted by Crippen LogP contribution is 2.27. The highest BCUT2D eigenvalue weighted by atomic mass is 35.5. The van der Waals surface area contributed by atoms with E-state index in [1.54, 1.807) is 6.07 Å². The predicted octanol–water partition coefficient (Wildman–Crippen LogP) is 3.14. The Balaban J connectivity index is 1.88. The summed E-state index contributed by atoms with van der Waals surface area (Å²) in [6.45, 7) is -0.329. The first-order valence-corrected chi connectivity index (χ1v) is 7.49. The summed E-state index contributed by atoms with van der Waals surface area (Å²) in [5.41, 5.74) is 2.15. The number of aromatic hydroxyl groups is 1. The van der Waals surface area contributed by atoms with Crippen molar-refractivity contribution in [1.82, 2.24) is 5.43 Å². The summed E-state index contributed by atoms with van der Waals surface area (Å²) in [4.78, 5) is 21.5. The van der Waals surface area contributed by atoms with Crippen LogP contribution in [0.4, 0.5) is 5.69 Å². The second-order valence-corrected chi connectivity index (χ2v) is 5.51. The topological polar surface area (TPSA) is 114 Å². The molecule has 0 bridgehead atoms. The molecule has 0 radical (unpaired) electrons. The fourth-order valence-corrected chi connectivity index (χ4v) is 2.18. The summed E-state index contributed by atoms with van der Waals surface area (Å²) in [5.74, 6) is -0.750. The van der Waals surface area contributed by atoms with Gasteiger partial charge in [0, 0.05) is 11.1 Å². The molecule has 0 saturated carbocycles. The van der Waals surface area contributed by atoms with E-state index in [9.17, 15) is 20.0 Å². The molecule has 1 amide bonds. The third kappa shape index (κ3) is 5.33. The number of nitrogens with zero attached hydrogens (tertiary/aromatic N) is 2. The van der Waals surface area contributed by atoms with Gasteiger partial charge in [-0.05, 0) is 35.9 Å². The molecule has 0 heterocycles. The molecule has 130 valence electrons. The first-order valence-electron chi connectivity index (χ1n) is 6.74. The number of phenols is 1. The minimum absolute atomic E-state index is 0.269. The van der Waals surface area contributed by atoms with Crippen molar-refractivity contribution in [2.45, 2.75) is 0 Å². The van der Waals surface area contributed by atoms with Gasteiger partial charge in [-0.25, -0.2) is 5.43 Å². The van der Waals surface area contributed by atoms with Gasteiger partial charge in [0.2, 0.25) is 0 Å². The second kappa shape index (κ2) is 8.32. The summed E-state index contributed by atoms with van der Waals surface area (Å²) in [6, 6.07) is 8.23. The Morgan fingerprint density at radius 1 is 1.32 bits per heavy atom. The number of nitrogens with one attached hydrogen (secondary N) is 1. The van der Waals surface area contributed by atoms with Gasteiger partial charge in [-0.2, -0.15) is 5.10 Å². The molecule has 0 aliphatic carbocycles. The van der Waals surface area contributed by atoms with Crippen LogP contribution in [0.2, 0.25) is 10.0 Å². The lowest BCUT2D eigenvalue weighted by molar-refractivity contribution is -0.385. The predicted molar refractivity (Wildman–Crippen MR) is 92.5 cm³/mol. The van der Waals surface area contributed by atoms with Crippen LogP contribution in [0.3, 0.4) is 0 Å². The summed E-state index contributed by atoms with van der Waals surface area (Å²) >= 11 is 11.7. The van der Waals surface area contributed by atoms with Crippen LogP contribution in [0.15, 0.2) is 41.5 Å². The van der Waals surface area contributed by atoms with E-state index >= 15 is 0 Å². The molecule has 2 rings (SSSR count). The van der Waals surface area contributed by atoms with Crippen molar-refractivity contribution in [3.05, 3.63) is 62.1 Å². The van der Waals surface area contributed by atoms with Crippen molar-refractivity contribution in [2.75, 3.05) is 6.61 Å². The molecular weight excluding hydrogens is 373 g/mol. The molecule has 10 heteroatoms. The number of carbonyl (C=O) groups excluding carboxylic acids is 1. The van der Waals surface area contributed by atoms with Gasteiger partial charge in [-0.15, -0.1) is 0 Å². The van der Waals surface area contributed by atoms with E-state index in [0.29, 0.717) is 16.3 Å². The number of rotatable bonds is 6. The van der Waals surface area contributed by atoms with Crippen LogP contribution in [-0.2, 0) is 4.79 Å². The number of nitro groups is 1. The lowest BCUT2D eigenvalue weighted by Gasteiger charge is -2.07. The average Bonchev–Trinajstić information content (AvgIpc) is 2.53. The van der Waals surface area contributed by atoms with Crippen LogP contribution in [-0.4, -0.2) is 28.8 Å². The number of amides is 1. The number of hydrazone groups is 1. The third-order valence-corrected chi connectivity index (χ3v) is 3.38. The zero-order valence-corrected chi connectivity index (χ0v) is 14.0. The number of hydrogen-bond acceptors (Lipinski definition) is 6. The highest BCUT2D eigenvalue weighted by Gasteiger charge is 2.12. The zero-order chi connectivity index (χ0) is 18.4. The van der Waals surface area contributed by atoms with E-state index in [2.05, 4.69) is 10.5 Å². The van der Waals surface area contributed by atoms with Crippen molar-refractivity contribution >= 4 is 41.0 Å². The van der Waals surface area contributed by atoms with Crippen LogP contribution in [0, 0.1) is 10.1 Å². The summed E-state index contributed by atoms with van der Waals surface area (Å²) < 4.78 is 5.23. The zero-order valence-electron chi connectivity index (χ0n) is 12.5. The van der Waals surface area contributed by atoms with Gasteiger partial charge in [0.05, 0.1) is 16.2 Å². The molecule has 0 atom stereocenters. The molecule has 8 nitrogen and oxygen atoms in total. The molecule has 0 aromatic heterocycles. The molecule has 0 spiro atoms. The SMILES string of the molecule is O=C(COc1ccc(Cl)cc1Cl)N/N=C\c1ccc([N+](=O)[O-])c(O)c1. The number of halogens is 2. The maximum Gasteiger partial charge on any atom is 0.310 e. The number of phenolic OH excluding ortho intramolecular Hbond substituents is 1. The van der Waals surface area contributed by atoms with E-state index in [1.807, 2.05) is 0 Å². The van der Waals surface area contributed by atoms with Crippen LogP contribution in [0.25, 0.3) is 0 Å². The molecule has 0 aliphatic rings. The summed E-state index contributed by atoms with van der Waals surface area (Å²) in [6.07, 6.45) is 1.22. The van der Waals surface area contributed by atoms with Crippen molar-refractivity contribution < 1.29 is 19.6 Å². The van der Waals surface area contributed by atoms with Crippen LogP contribution < -0.4 is 10.2 Å². The highest BCUT2D eigenvalue weighted by molar-refractivity contribution is 6.35. The average molecular weight is 384 g/mol. The third-order valence-electron chi connectivity index (χ3n) is 2.85. The maximum absolute atomic E-state index is 11.6. The molecule has 2 aromatic rings. The standard InChI is InChI=1S/C15H11Cl2N3O5/c16-10-2-4-14(11(17)6-10)25-8-15(22)19-18-7-9-1-3-12(20(23)24)13(21)5-9/h1-7,21H,8H2,(H,19,22)/b18-7-. The van der Waals surface area contributed by atoms with E-state index in [0.717, 1.165) is 12.1 Å². The van der Waals surface area contributed by atoms with E-state index in [1.165, 1.54) is 24.4 Å². The Morgan fingerprint density at radius 3 is 2.72 bits per heavy atom. The maximum atomic E-state index is 11.6. The van der Waals surface area contributed by atoms with Gasteiger partial charge in [0.25, 0.3) is 5.91 Å². The number of nitro benzene ring substituents is 1. The molecule has 0 unspecified atom stereocenters. The number of benzene rings is 2. The van der Waals surface area contributed by atoms with Gasteiger partial charge >= 0.3 is 5.69 Å². The summed E-state index contributed by atoms with van der Waals surface area (Å²) in [5, 5.41) is 24.5.